The van der Waals surface area contributed by atoms with Crippen LogP contribution in [0.3, 0.4) is 0 Å². The number of hydrogen-bond acceptors (Lipinski definition) is 4. The lowest BCUT2D eigenvalue weighted by Crippen LogP contribution is -2.16. The smallest absolute Gasteiger partial charge is 0.232 e. The zero-order valence-electron chi connectivity index (χ0n) is 12.4. The van der Waals surface area contributed by atoms with Gasteiger partial charge in [0.1, 0.15) is 5.82 Å². The Balaban J connectivity index is 2.09. The summed E-state index contributed by atoms with van der Waals surface area (Å²) in [5, 5.41) is 3.18. The fourth-order valence-electron chi connectivity index (χ4n) is 1.89. The number of sulfonamides is 1. The largest absolute Gasteiger partial charge is 0.339 e. The number of hydrogen-bond donors (Lipinski definition) is 2. The van der Waals surface area contributed by atoms with Crippen LogP contribution in [0.15, 0.2) is 41.0 Å². The summed E-state index contributed by atoms with van der Waals surface area (Å²) in [4.78, 5) is 4.22. The van der Waals surface area contributed by atoms with Gasteiger partial charge in [-0.05, 0) is 59.1 Å². The number of aromatic nitrogens is 1. The number of halogens is 1. The van der Waals surface area contributed by atoms with Crippen LogP contribution in [0, 0.1) is 6.92 Å². The third-order valence-corrected chi connectivity index (χ3v) is 5.05. The van der Waals surface area contributed by atoms with Gasteiger partial charge in [-0.15, -0.1) is 0 Å². The molecule has 7 heteroatoms. The van der Waals surface area contributed by atoms with Crippen LogP contribution in [0.2, 0.25) is 0 Å². The predicted octanol–water partition coefficient (Wildman–Crippen LogP) is 4.05. The minimum absolute atomic E-state index is 0.101. The molecule has 5 nitrogen and oxygen atoms in total. The molecule has 2 aromatic rings. The summed E-state index contributed by atoms with van der Waals surface area (Å²) in [6.45, 7) is 3.84. The van der Waals surface area contributed by atoms with E-state index >= 15 is 0 Å². The summed E-state index contributed by atoms with van der Waals surface area (Å²) in [7, 11) is -3.29. The molecule has 2 N–H and O–H groups in total. The Kier molecular flexibility index (Phi) is 5.42. The van der Waals surface area contributed by atoms with E-state index in [1.807, 2.05) is 32.0 Å². The second-order valence-electron chi connectivity index (χ2n) is 4.96. The Morgan fingerprint density at radius 3 is 2.59 bits per heavy atom. The van der Waals surface area contributed by atoms with Crippen LogP contribution in [0.4, 0.5) is 17.2 Å². The maximum Gasteiger partial charge on any atom is 0.232 e. The molecule has 0 unspecified atom stereocenters. The molecule has 0 atom stereocenters. The number of aryl methyl sites for hydroxylation is 1. The van der Waals surface area contributed by atoms with Gasteiger partial charge in [0.25, 0.3) is 0 Å². The molecule has 0 aliphatic heterocycles. The highest BCUT2D eigenvalue weighted by atomic mass is 79.9. The number of rotatable bonds is 6. The monoisotopic (exact) mass is 383 g/mol. The standard InChI is InChI=1S/C15H18BrN3O2S/c1-3-8-22(20,21)19-12-5-7-15(17-10-12)18-14-6-4-11(2)9-13(14)16/h4-7,9-10,19H,3,8H2,1-2H3,(H,17,18). The number of benzene rings is 1. The fraction of sp³-hybridized carbons (Fsp3) is 0.267. The summed E-state index contributed by atoms with van der Waals surface area (Å²) < 4.78 is 26.8. The van der Waals surface area contributed by atoms with Crippen molar-refractivity contribution in [3.05, 3.63) is 46.6 Å². The first-order valence-electron chi connectivity index (χ1n) is 6.89. The lowest BCUT2D eigenvalue weighted by atomic mass is 10.2. The first-order valence-corrected chi connectivity index (χ1v) is 9.34. The minimum Gasteiger partial charge on any atom is -0.339 e. The average molecular weight is 384 g/mol. The first kappa shape index (κ1) is 16.8. The van der Waals surface area contributed by atoms with Crippen molar-refractivity contribution in [2.24, 2.45) is 0 Å². The van der Waals surface area contributed by atoms with Crippen molar-refractivity contribution < 1.29 is 8.42 Å². The second-order valence-corrected chi connectivity index (χ2v) is 7.66. The van der Waals surface area contributed by atoms with E-state index in [4.69, 9.17) is 0 Å². The van der Waals surface area contributed by atoms with Gasteiger partial charge in [0.05, 0.1) is 23.3 Å². The molecule has 0 radical (unpaired) electrons. The van der Waals surface area contributed by atoms with Crippen LogP contribution in [-0.4, -0.2) is 19.2 Å². The molecule has 0 aliphatic carbocycles. The predicted molar refractivity (Wildman–Crippen MR) is 94.1 cm³/mol. The van der Waals surface area contributed by atoms with Crippen LogP contribution in [0.25, 0.3) is 0 Å². The fourth-order valence-corrected chi connectivity index (χ4v) is 3.60. The number of anilines is 3. The van der Waals surface area contributed by atoms with Gasteiger partial charge in [-0.1, -0.05) is 13.0 Å². The van der Waals surface area contributed by atoms with Crippen molar-refractivity contribution in [3.8, 4) is 0 Å². The van der Waals surface area contributed by atoms with Crippen molar-refractivity contribution >= 4 is 43.1 Å². The molecule has 0 fully saturated rings. The van der Waals surface area contributed by atoms with E-state index in [2.05, 4.69) is 31.0 Å². The maximum atomic E-state index is 11.7. The van der Waals surface area contributed by atoms with Gasteiger partial charge in [-0.25, -0.2) is 13.4 Å². The third kappa shape index (κ3) is 4.71. The number of pyridine rings is 1. The summed E-state index contributed by atoms with van der Waals surface area (Å²) in [6.07, 6.45) is 2.07. The van der Waals surface area contributed by atoms with Crippen LogP contribution >= 0.6 is 15.9 Å². The van der Waals surface area contributed by atoms with E-state index in [-0.39, 0.29) is 5.75 Å². The van der Waals surface area contributed by atoms with Gasteiger partial charge in [0, 0.05) is 4.47 Å². The number of nitrogens with zero attached hydrogens (tertiary/aromatic N) is 1. The quantitative estimate of drug-likeness (QED) is 0.788. The van der Waals surface area contributed by atoms with Crippen molar-refractivity contribution in [1.29, 1.82) is 0 Å². The molecule has 22 heavy (non-hydrogen) atoms. The van der Waals surface area contributed by atoms with E-state index in [0.717, 1.165) is 15.7 Å². The molecular weight excluding hydrogens is 366 g/mol. The lowest BCUT2D eigenvalue weighted by Gasteiger charge is -2.10. The zero-order valence-corrected chi connectivity index (χ0v) is 14.8. The normalized spacial score (nSPS) is 11.2. The van der Waals surface area contributed by atoms with E-state index in [9.17, 15) is 8.42 Å². The van der Waals surface area contributed by atoms with Gasteiger partial charge in [0.15, 0.2) is 0 Å². The Bertz CT molecular complexity index is 746. The van der Waals surface area contributed by atoms with E-state index in [1.54, 1.807) is 12.1 Å². The SMILES string of the molecule is CCCS(=O)(=O)Nc1ccc(Nc2ccc(C)cc2Br)nc1. The second kappa shape index (κ2) is 7.11. The van der Waals surface area contributed by atoms with Crippen LogP contribution in [0.5, 0.6) is 0 Å². The number of nitrogens with one attached hydrogen (secondary N) is 2. The van der Waals surface area contributed by atoms with E-state index in [1.165, 1.54) is 6.20 Å². The van der Waals surface area contributed by atoms with Crippen molar-refractivity contribution in [2.45, 2.75) is 20.3 Å². The van der Waals surface area contributed by atoms with E-state index in [0.29, 0.717) is 17.9 Å². The van der Waals surface area contributed by atoms with Gasteiger partial charge >= 0.3 is 0 Å². The molecule has 1 aromatic heterocycles. The van der Waals surface area contributed by atoms with Gasteiger partial charge in [0.2, 0.25) is 10.0 Å². The Morgan fingerprint density at radius 1 is 1.23 bits per heavy atom. The van der Waals surface area contributed by atoms with Gasteiger partial charge in [-0.2, -0.15) is 0 Å². The Hall–Kier alpha value is -1.60. The Labute approximate surface area is 139 Å². The van der Waals surface area contributed by atoms with E-state index < -0.39 is 10.0 Å². The zero-order chi connectivity index (χ0) is 16.2. The molecule has 118 valence electrons. The lowest BCUT2D eigenvalue weighted by molar-refractivity contribution is 0.600. The molecule has 0 amide bonds. The minimum atomic E-state index is -3.29. The average Bonchev–Trinajstić information content (AvgIpc) is 2.43. The van der Waals surface area contributed by atoms with Gasteiger partial charge < -0.3 is 5.32 Å². The molecule has 1 aromatic carbocycles. The maximum absolute atomic E-state index is 11.7. The van der Waals surface area contributed by atoms with Crippen LogP contribution in [0.1, 0.15) is 18.9 Å². The molecule has 2 rings (SSSR count). The molecule has 0 saturated heterocycles. The highest BCUT2D eigenvalue weighted by molar-refractivity contribution is 9.10. The highest BCUT2D eigenvalue weighted by Crippen LogP contribution is 2.26. The highest BCUT2D eigenvalue weighted by Gasteiger charge is 2.09. The van der Waals surface area contributed by atoms with Gasteiger partial charge in [-0.3, -0.25) is 4.72 Å². The van der Waals surface area contributed by atoms with Crippen LogP contribution in [-0.2, 0) is 10.0 Å². The molecule has 0 spiro atoms. The van der Waals surface area contributed by atoms with Crippen molar-refractivity contribution in [3.63, 3.8) is 0 Å². The Morgan fingerprint density at radius 2 is 2.00 bits per heavy atom. The molecular formula is C15H18BrN3O2S. The van der Waals surface area contributed by atoms with Crippen molar-refractivity contribution in [1.82, 2.24) is 4.98 Å². The van der Waals surface area contributed by atoms with Crippen molar-refractivity contribution in [2.75, 3.05) is 15.8 Å². The third-order valence-electron chi connectivity index (χ3n) is 2.90. The first-order chi connectivity index (χ1) is 10.4. The summed E-state index contributed by atoms with van der Waals surface area (Å²) >= 11 is 3.49. The van der Waals surface area contributed by atoms with Crippen LogP contribution < -0.4 is 10.0 Å². The summed E-state index contributed by atoms with van der Waals surface area (Å²) in [5.41, 5.74) is 2.52. The summed E-state index contributed by atoms with van der Waals surface area (Å²) in [5.74, 6) is 0.742. The molecule has 0 bridgehead atoms. The molecule has 0 aliphatic rings. The topological polar surface area (TPSA) is 71.1 Å². The summed E-state index contributed by atoms with van der Waals surface area (Å²) in [6, 6.07) is 9.38. The molecule has 1 heterocycles. The molecule has 0 saturated carbocycles.